The van der Waals surface area contributed by atoms with Gasteiger partial charge in [-0.1, -0.05) is 18.2 Å². The lowest BCUT2D eigenvalue weighted by molar-refractivity contribution is -0.117. The molecule has 1 heterocycles. The summed E-state index contributed by atoms with van der Waals surface area (Å²) in [6.07, 6.45) is 5.76. The van der Waals surface area contributed by atoms with E-state index in [0.29, 0.717) is 16.9 Å². The number of alkyl halides is 2. The Morgan fingerprint density at radius 1 is 1.10 bits per heavy atom. The Balaban J connectivity index is 1.60. The zero-order valence-corrected chi connectivity index (χ0v) is 16.5. The second-order valence-corrected chi connectivity index (χ2v) is 6.50. The first-order valence-electron chi connectivity index (χ1n) is 9.31. The molecule has 0 bridgehead atoms. The number of pyridine rings is 1. The fourth-order valence-corrected chi connectivity index (χ4v) is 2.71. The molecule has 0 aliphatic carbocycles. The SMILES string of the molecule is CC(NC(=O)/C=C/c1ccc(Oc2cccnc2)c(F)c1)c1cccc(OC(F)F)c1. The van der Waals surface area contributed by atoms with E-state index < -0.39 is 24.4 Å². The Morgan fingerprint density at radius 3 is 2.61 bits per heavy atom. The lowest BCUT2D eigenvalue weighted by atomic mass is 10.1. The lowest BCUT2D eigenvalue weighted by Crippen LogP contribution is -2.24. The predicted molar refractivity (Wildman–Crippen MR) is 109 cm³/mol. The smallest absolute Gasteiger partial charge is 0.387 e. The normalized spacial score (nSPS) is 12.0. The number of aromatic nitrogens is 1. The summed E-state index contributed by atoms with van der Waals surface area (Å²) in [5, 5.41) is 2.71. The van der Waals surface area contributed by atoms with Crippen LogP contribution in [-0.4, -0.2) is 17.5 Å². The van der Waals surface area contributed by atoms with Gasteiger partial charge in [-0.25, -0.2) is 4.39 Å². The predicted octanol–water partition coefficient (Wildman–Crippen LogP) is 5.51. The average Bonchev–Trinajstić information content (AvgIpc) is 2.74. The topological polar surface area (TPSA) is 60.5 Å². The number of hydrogen-bond acceptors (Lipinski definition) is 4. The highest BCUT2D eigenvalue weighted by molar-refractivity contribution is 5.92. The summed E-state index contributed by atoms with van der Waals surface area (Å²) >= 11 is 0. The minimum Gasteiger partial charge on any atom is -0.453 e. The molecule has 1 N–H and O–H groups in total. The Morgan fingerprint density at radius 2 is 1.90 bits per heavy atom. The largest absolute Gasteiger partial charge is 0.453 e. The van der Waals surface area contributed by atoms with Crippen LogP contribution in [0.3, 0.4) is 0 Å². The van der Waals surface area contributed by atoms with Gasteiger partial charge >= 0.3 is 6.61 Å². The molecule has 3 aromatic rings. The van der Waals surface area contributed by atoms with Crippen LogP contribution in [-0.2, 0) is 4.79 Å². The molecule has 0 aliphatic rings. The van der Waals surface area contributed by atoms with Gasteiger partial charge in [0.2, 0.25) is 5.91 Å². The number of carbonyl (C=O) groups is 1. The van der Waals surface area contributed by atoms with E-state index in [1.54, 1.807) is 43.5 Å². The van der Waals surface area contributed by atoms with Crippen LogP contribution in [0, 0.1) is 5.82 Å². The zero-order chi connectivity index (χ0) is 22.2. The summed E-state index contributed by atoms with van der Waals surface area (Å²) < 4.78 is 48.8. The van der Waals surface area contributed by atoms with Crippen molar-refractivity contribution >= 4 is 12.0 Å². The first-order chi connectivity index (χ1) is 14.9. The van der Waals surface area contributed by atoms with Gasteiger partial charge < -0.3 is 14.8 Å². The van der Waals surface area contributed by atoms with Gasteiger partial charge in [0, 0.05) is 12.3 Å². The van der Waals surface area contributed by atoms with Crippen molar-refractivity contribution in [3.05, 3.63) is 90.0 Å². The molecule has 8 heteroatoms. The molecule has 1 unspecified atom stereocenters. The molecule has 0 aliphatic heterocycles. The molecule has 5 nitrogen and oxygen atoms in total. The molecule has 3 rings (SSSR count). The number of hydrogen-bond donors (Lipinski definition) is 1. The molecule has 1 amide bonds. The monoisotopic (exact) mass is 428 g/mol. The second kappa shape index (κ2) is 10.3. The first-order valence-corrected chi connectivity index (χ1v) is 9.31. The van der Waals surface area contributed by atoms with Crippen LogP contribution in [0.1, 0.15) is 24.1 Å². The van der Waals surface area contributed by atoms with Crippen molar-refractivity contribution in [2.75, 3.05) is 0 Å². The molecule has 0 fully saturated rings. The van der Waals surface area contributed by atoms with Gasteiger partial charge in [-0.3, -0.25) is 9.78 Å². The summed E-state index contributed by atoms with van der Waals surface area (Å²) in [6.45, 7) is -1.22. The maximum absolute atomic E-state index is 14.3. The zero-order valence-electron chi connectivity index (χ0n) is 16.5. The van der Waals surface area contributed by atoms with E-state index in [4.69, 9.17) is 4.74 Å². The summed E-state index contributed by atoms with van der Waals surface area (Å²) in [5.41, 5.74) is 1.06. The van der Waals surface area contributed by atoms with Crippen LogP contribution >= 0.6 is 0 Å². The minimum atomic E-state index is -2.93. The van der Waals surface area contributed by atoms with Crippen molar-refractivity contribution in [2.45, 2.75) is 19.6 Å². The summed E-state index contributed by atoms with van der Waals surface area (Å²) in [6, 6.07) is 13.2. The summed E-state index contributed by atoms with van der Waals surface area (Å²) in [5.74, 6) is -0.567. The highest BCUT2D eigenvalue weighted by Gasteiger charge is 2.11. The molecule has 0 spiro atoms. The van der Waals surface area contributed by atoms with Gasteiger partial charge in [0.05, 0.1) is 12.2 Å². The molecule has 0 saturated heterocycles. The maximum Gasteiger partial charge on any atom is 0.387 e. The van der Waals surface area contributed by atoms with Gasteiger partial charge in [-0.2, -0.15) is 8.78 Å². The van der Waals surface area contributed by atoms with Crippen LogP contribution in [0.15, 0.2) is 73.1 Å². The molecule has 0 saturated carbocycles. The van der Waals surface area contributed by atoms with E-state index >= 15 is 0 Å². The summed E-state index contributed by atoms with van der Waals surface area (Å²) in [4.78, 5) is 16.1. The lowest BCUT2D eigenvalue weighted by Gasteiger charge is -2.14. The van der Waals surface area contributed by atoms with Gasteiger partial charge in [-0.05, 0) is 60.5 Å². The third-order valence-electron chi connectivity index (χ3n) is 4.19. The molecule has 160 valence electrons. The van der Waals surface area contributed by atoms with Gasteiger partial charge in [-0.15, -0.1) is 0 Å². The van der Waals surface area contributed by atoms with Crippen molar-refractivity contribution in [1.82, 2.24) is 10.3 Å². The van der Waals surface area contributed by atoms with Crippen LogP contribution < -0.4 is 14.8 Å². The Bertz CT molecular complexity index is 1060. The fourth-order valence-electron chi connectivity index (χ4n) is 2.71. The second-order valence-electron chi connectivity index (χ2n) is 6.50. The van der Waals surface area contributed by atoms with Crippen molar-refractivity contribution in [3.63, 3.8) is 0 Å². The van der Waals surface area contributed by atoms with Crippen LogP contribution in [0.2, 0.25) is 0 Å². The molecular formula is C23H19F3N2O3. The molecule has 0 radical (unpaired) electrons. The Hall–Kier alpha value is -3.81. The number of amides is 1. The standard InChI is InChI=1S/C23H19F3N2O3/c1-15(17-4-2-5-18(13-17)31-23(25)26)28-22(29)10-8-16-7-9-21(20(24)12-16)30-19-6-3-11-27-14-19/h2-15,23H,1H3,(H,28,29)/b10-8+. The Labute approximate surface area is 177 Å². The molecule has 1 atom stereocenters. The number of ether oxygens (including phenoxy) is 2. The number of benzene rings is 2. The van der Waals surface area contributed by atoms with Crippen molar-refractivity contribution < 1.29 is 27.4 Å². The van der Waals surface area contributed by atoms with E-state index in [-0.39, 0.29) is 11.5 Å². The van der Waals surface area contributed by atoms with Crippen molar-refractivity contribution in [2.24, 2.45) is 0 Å². The van der Waals surface area contributed by atoms with Crippen LogP contribution in [0.25, 0.3) is 6.08 Å². The molecule has 2 aromatic carbocycles. The molecular weight excluding hydrogens is 409 g/mol. The Kier molecular flexibility index (Phi) is 7.26. The number of carbonyl (C=O) groups excluding carboxylic acids is 1. The van der Waals surface area contributed by atoms with E-state index in [1.165, 1.54) is 42.6 Å². The van der Waals surface area contributed by atoms with E-state index in [2.05, 4.69) is 15.0 Å². The molecule has 1 aromatic heterocycles. The first kappa shape index (κ1) is 21.9. The number of nitrogens with one attached hydrogen (secondary N) is 1. The highest BCUT2D eigenvalue weighted by Crippen LogP contribution is 2.25. The van der Waals surface area contributed by atoms with Gasteiger partial charge in [0.1, 0.15) is 11.5 Å². The average molecular weight is 428 g/mol. The summed E-state index contributed by atoms with van der Waals surface area (Å²) in [7, 11) is 0. The maximum atomic E-state index is 14.3. The third kappa shape index (κ3) is 6.60. The van der Waals surface area contributed by atoms with Crippen LogP contribution in [0.5, 0.6) is 17.2 Å². The van der Waals surface area contributed by atoms with Crippen LogP contribution in [0.4, 0.5) is 13.2 Å². The third-order valence-corrected chi connectivity index (χ3v) is 4.19. The van der Waals surface area contributed by atoms with Crippen molar-refractivity contribution in [3.8, 4) is 17.2 Å². The number of rotatable bonds is 8. The quantitative estimate of drug-likeness (QED) is 0.481. The molecule has 31 heavy (non-hydrogen) atoms. The van der Waals surface area contributed by atoms with E-state index in [1.807, 2.05) is 0 Å². The van der Waals surface area contributed by atoms with Gasteiger partial charge in [0.25, 0.3) is 0 Å². The van der Waals surface area contributed by atoms with Crippen molar-refractivity contribution in [1.29, 1.82) is 0 Å². The van der Waals surface area contributed by atoms with Gasteiger partial charge in [0.15, 0.2) is 11.6 Å². The fraction of sp³-hybridized carbons (Fsp3) is 0.130. The minimum absolute atomic E-state index is 0.00760. The van der Waals surface area contributed by atoms with E-state index in [0.717, 1.165) is 0 Å². The number of halogens is 3. The number of nitrogens with zero attached hydrogens (tertiary/aromatic N) is 1. The van der Waals surface area contributed by atoms with E-state index in [9.17, 15) is 18.0 Å². The highest BCUT2D eigenvalue weighted by atomic mass is 19.3.